The quantitative estimate of drug-likeness (QED) is 0.391. The lowest BCUT2D eigenvalue weighted by Gasteiger charge is -2.16. The molecular formula is C25H23N3OS. The summed E-state index contributed by atoms with van der Waals surface area (Å²) in [5.41, 5.74) is 4.98. The first-order valence-electron chi connectivity index (χ1n) is 9.86. The first-order chi connectivity index (χ1) is 14.7. The third-order valence-corrected chi connectivity index (χ3v) is 5.93. The number of aryl methyl sites for hydroxylation is 1. The predicted molar refractivity (Wildman–Crippen MR) is 122 cm³/mol. The Morgan fingerprint density at radius 3 is 2.20 bits per heavy atom. The van der Waals surface area contributed by atoms with E-state index in [1.165, 1.54) is 11.8 Å². The number of carbonyl (C=O) groups excluding carboxylic acids is 1. The van der Waals surface area contributed by atoms with Crippen molar-refractivity contribution < 1.29 is 4.79 Å². The molecule has 0 saturated heterocycles. The molecule has 2 N–H and O–H groups in total. The van der Waals surface area contributed by atoms with Crippen molar-refractivity contribution in [3.8, 4) is 11.3 Å². The van der Waals surface area contributed by atoms with Crippen LogP contribution in [0.1, 0.15) is 22.1 Å². The highest BCUT2D eigenvalue weighted by Gasteiger charge is 2.24. The van der Waals surface area contributed by atoms with Gasteiger partial charge in [0.05, 0.1) is 5.69 Å². The zero-order valence-corrected chi connectivity index (χ0v) is 17.5. The Morgan fingerprint density at radius 2 is 1.53 bits per heavy atom. The average molecular weight is 414 g/mol. The van der Waals surface area contributed by atoms with E-state index in [-0.39, 0.29) is 5.91 Å². The maximum absolute atomic E-state index is 13.1. The number of aromatic nitrogens is 2. The van der Waals surface area contributed by atoms with Gasteiger partial charge in [0.1, 0.15) is 5.25 Å². The van der Waals surface area contributed by atoms with E-state index in [0.29, 0.717) is 6.54 Å². The van der Waals surface area contributed by atoms with Crippen LogP contribution in [-0.2, 0) is 11.3 Å². The Balaban J connectivity index is 1.56. The molecular weight excluding hydrogens is 390 g/mol. The first-order valence-corrected chi connectivity index (χ1v) is 10.7. The van der Waals surface area contributed by atoms with Crippen LogP contribution in [0.2, 0.25) is 0 Å². The Bertz CT molecular complexity index is 1100. The first kappa shape index (κ1) is 20.0. The molecule has 150 valence electrons. The molecule has 1 amide bonds. The van der Waals surface area contributed by atoms with E-state index in [2.05, 4.69) is 10.3 Å². The molecule has 1 atom stereocenters. The van der Waals surface area contributed by atoms with Crippen LogP contribution in [0, 0.1) is 6.92 Å². The summed E-state index contributed by atoms with van der Waals surface area (Å²) in [4.78, 5) is 21.2. The molecule has 0 radical (unpaired) electrons. The number of nitrogens with zero attached hydrogens (tertiary/aromatic N) is 1. The van der Waals surface area contributed by atoms with Gasteiger partial charge >= 0.3 is 0 Å². The van der Waals surface area contributed by atoms with Crippen LogP contribution in [0.15, 0.2) is 96.2 Å². The van der Waals surface area contributed by atoms with Crippen LogP contribution in [0.3, 0.4) is 0 Å². The van der Waals surface area contributed by atoms with Crippen LogP contribution in [0.25, 0.3) is 11.3 Å². The Kier molecular flexibility index (Phi) is 6.30. The minimum absolute atomic E-state index is 0.0367. The number of rotatable bonds is 7. The number of nitrogens with one attached hydrogen (secondary N) is 2. The molecule has 4 aromatic rings. The fourth-order valence-corrected chi connectivity index (χ4v) is 4.32. The van der Waals surface area contributed by atoms with Gasteiger partial charge in [-0.05, 0) is 18.1 Å². The number of hydrogen-bond acceptors (Lipinski definition) is 3. The van der Waals surface area contributed by atoms with Gasteiger partial charge in [0, 0.05) is 17.8 Å². The van der Waals surface area contributed by atoms with Crippen LogP contribution >= 0.6 is 11.8 Å². The topological polar surface area (TPSA) is 57.8 Å². The van der Waals surface area contributed by atoms with Gasteiger partial charge in [0.25, 0.3) is 0 Å². The minimum atomic E-state index is -0.399. The summed E-state index contributed by atoms with van der Waals surface area (Å²) in [6, 6.07) is 29.8. The normalized spacial score (nSPS) is 11.8. The second-order valence-corrected chi connectivity index (χ2v) is 8.09. The van der Waals surface area contributed by atoms with Crippen LogP contribution in [0.4, 0.5) is 0 Å². The number of benzene rings is 3. The molecule has 1 aromatic heterocycles. The van der Waals surface area contributed by atoms with E-state index in [1.807, 2.05) is 97.9 Å². The molecule has 0 fully saturated rings. The molecule has 3 aromatic carbocycles. The number of H-pyrrole nitrogens is 1. The SMILES string of the molecule is Cc1[nH]c(SC(C(=O)NCc2ccccc2)c2ccccc2)nc1-c1ccccc1. The lowest BCUT2D eigenvalue weighted by atomic mass is 10.1. The Hall–Kier alpha value is -3.31. The highest BCUT2D eigenvalue weighted by molar-refractivity contribution is 8.00. The minimum Gasteiger partial charge on any atom is -0.351 e. The summed E-state index contributed by atoms with van der Waals surface area (Å²) in [6.45, 7) is 2.50. The van der Waals surface area contributed by atoms with Crippen molar-refractivity contribution in [3.05, 3.63) is 108 Å². The molecule has 4 nitrogen and oxygen atoms in total. The number of amides is 1. The van der Waals surface area contributed by atoms with E-state index in [4.69, 9.17) is 4.98 Å². The molecule has 0 spiro atoms. The smallest absolute Gasteiger partial charge is 0.238 e. The Morgan fingerprint density at radius 1 is 0.933 bits per heavy atom. The van der Waals surface area contributed by atoms with Crippen LogP contribution < -0.4 is 5.32 Å². The molecule has 5 heteroatoms. The fourth-order valence-electron chi connectivity index (χ4n) is 3.26. The maximum atomic E-state index is 13.1. The molecule has 1 unspecified atom stereocenters. The molecule has 0 aliphatic heterocycles. The second kappa shape index (κ2) is 9.46. The number of hydrogen-bond donors (Lipinski definition) is 2. The van der Waals surface area contributed by atoms with Gasteiger partial charge in [-0.3, -0.25) is 4.79 Å². The van der Waals surface area contributed by atoms with Crippen molar-refractivity contribution in [1.82, 2.24) is 15.3 Å². The maximum Gasteiger partial charge on any atom is 0.238 e. The molecule has 0 aliphatic carbocycles. The Labute approximate surface area is 180 Å². The highest BCUT2D eigenvalue weighted by atomic mass is 32.2. The second-order valence-electron chi connectivity index (χ2n) is 6.99. The van der Waals surface area contributed by atoms with Crippen molar-refractivity contribution in [2.24, 2.45) is 0 Å². The zero-order valence-electron chi connectivity index (χ0n) is 16.7. The summed E-state index contributed by atoms with van der Waals surface area (Å²) in [5, 5.41) is 3.40. The summed E-state index contributed by atoms with van der Waals surface area (Å²) in [6.07, 6.45) is 0. The summed E-state index contributed by atoms with van der Waals surface area (Å²) < 4.78 is 0. The van der Waals surface area contributed by atoms with Gasteiger partial charge in [0.2, 0.25) is 5.91 Å². The van der Waals surface area contributed by atoms with Crippen molar-refractivity contribution in [2.45, 2.75) is 23.9 Å². The van der Waals surface area contributed by atoms with Gasteiger partial charge in [-0.25, -0.2) is 4.98 Å². The summed E-state index contributed by atoms with van der Waals surface area (Å²) in [5.74, 6) is -0.0367. The van der Waals surface area contributed by atoms with Gasteiger partial charge in [-0.2, -0.15) is 0 Å². The largest absolute Gasteiger partial charge is 0.351 e. The lowest BCUT2D eigenvalue weighted by molar-refractivity contribution is -0.120. The highest BCUT2D eigenvalue weighted by Crippen LogP contribution is 2.35. The molecule has 0 saturated carbocycles. The molecule has 1 heterocycles. The van der Waals surface area contributed by atoms with Crippen molar-refractivity contribution >= 4 is 17.7 Å². The van der Waals surface area contributed by atoms with E-state index >= 15 is 0 Å². The summed E-state index contributed by atoms with van der Waals surface area (Å²) >= 11 is 1.44. The lowest BCUT2D eigenvalue weighted by Crippen LogP contribution is -2.27. The monoisotopic (exact) mass is 413 g/mol. The van der Waals surface area contributed by atoms with E-state index < -0.39 is 5.25 Å². The van der Waals surface area contributed by atoms with E-state index in [0.717, 1.165) is 33.2 Å². The third kappa shape index (κ3) is 4.81. The third-order valence-electron chi connectivity index (χ3n) is 4.79. The van der Waals surface area contributed by atoms with E-state index in [1.54, 1.807) is 0 Å². The predicted octanol–water partition coefficient (Wildman–Crippen LogP) is 5.53. The standard InChI is InChI=1S/C25H23N3OS/c1-18-22(20-13-7-3-8-14-20)28-25(27-18)30-23(21-15-9-4-10-16-21)24(29)26-17-19-11-5-2-6-12-19/h2-16,23H,17H2,1H3,(H,26,29)(H,27,28). The number of thioether (sulfide) groups is 1. The van der Waals surface area contributed by atoms with Gasteiger partial charge < -0.3 is 10.3 Å². The van der Waals surface area contributed by atoms with Crippen molar-refractivity contribution in [1.29, 1.82) is 0 Å². The van der Waals surface area contributed by atoms with Crippen molar-refractivity contribution in [3.63, 3.8) is 0 Å². The van der Waals surface area contributed by atoms with E-state index in [9.17, 15) is 4.79 Å². The van der Waals surface area contributed by atoms with Crippen LogP contribution in [-0.4, -0.2) is 15.9 Å². The van der Waals surface area contributed by atoms with Crippen LogP contribution in [0.5, 0.6) is 0 Å². The molecule has 4 rings (SSSR count). The zero-order chi connectivity index (χ0) is 20.8. The van der Waals surface area contributed by atoms with Gasteiger partial charge in [-0.15, -0.1) is 0 Å². The summed E-state index contributed by atoms with van der Waals surface area (Å²) in [7, 11) is 0. The van der Waals surface area contributed by atoms with Gasteiger partial charge in [-0.1, -0.05) is 103 Å². The fraction of sp³-hybridized carbons (Fsp3) is 0.120. The molecule has 0 aliphatic rings. The number of carbonyl (C=O) groups is 1. The van der Waals surface area contributed by atoms with Gasteiger partial charge in [0.15, 0.2) is 5.16 Å². The van der Waals surface area contributed by atoms with Crippen molar-refractivity contribution in [2.75, 3.05) is 0 Å². The number of imidazole rings is 1. The average Bonchev–Trinajstić information content (AvgIpc) is 3.18. The molecule has 0 bridgehead atoms. The number of aromatic amines is 1. The molecule has 30 heavy (non-hydrogen) atoms.